The second-order valence-corrected chi connectivity index (χ2v) is 6.89. The molecule has 3 rings (SSSR count). The normalized spacial score (nSPS) is 14.9. The second-order valence-electron chi connectivity index (χ2n) is 6.49. The van der Waals surface area contributed by atoms with Gasteiger partial charge in [-0.25, -0.2) is 9.18 Å². The van der Waals surface area contributed by atoms with Crippen LogP contribution in [0.4, 0.5) is 14.9 Å². The number of halogens is 2. The number of benzene rings is 2. The summed E-state index contributed by atoms with van der Waals surface area (Å²) in [5.74, 6) is 0.362. The van der Waals surface area contributed by atoms with E-state index in [1.54, 1.807) is 12.0 Å². The first kappa shape index (κ1) is 19.5. The Hall–Kier alpha value is -2.31. The summed E-state index contributed by atoms with van der Waals surface area (Å²) in [4.78, 5) is 16.5. The van der Waals surface area contributed by atoms with Gasteiger partial charge in [-0.1, -0.05) is 23.7 Å². The van der Waals surface area contributed by atoms with Gasteiger partial charge in [0.05, 0.1) is 12.1 Å². The van der Waals surface area contributed by atoms with Crippen molar-refractivity contribution < 1.29 is 13.9 Å². The highest BCUT2D eigenvalue weighted by atomic mass is 35.5. The molecule has 7 heteroatoms. The van der Waals surface area contributed by atoms with Crippen molar-refractivity contribution in [3.05, 3.63) is 58.9 Å². The van der Waals surface area contributed by atoms with Crippen LogP contribution in [-0.4, -0.2) is 55.7 Å². The molecular weight excluding hydrogens is 369 g/mol. The fourth-order valence-electron chi connectivity index (χ4n) is 3.03. The topological polar surface area (TPSA) is 44.8 Å². The summed E-state index contributed by atoms with van der Waals surface area (Å²) in [6.07, 6.45) is 0.963. The van der Waals surface area contributed by atoms with Crippen molar-refractivity contribution >= 4 is 23.3 Å². The van der Waals surface area contributed by atoms with E-state index in [4.69, 9.17) is 16.3 Å². The van der Waals surface area contributed by atoms with Crippen LogP contribution >= 0.6 is 11.6 Å². The zero-order valence-electron chi connectivity index (χ0n) is 15.3. The number of anilines is 1. The van der Waals surface area contributed by atoms with Crippen LogP contribution in [0, 0.1) is 5.82 Å². The minimum absolute atomic E-state index is 0.00356. The monoisotopic (exact) mass is 391 g/mol. The van der Waals surface area contributed by atoms with Crippen molar-refractivity contribution in [1.82, 2.24) is 9.80 Å². The van der Waals surface area contributed by atoms with Crippen LogP contribution < -0.4 is 10.1 Å². The van der Waals surface area contributed by atoms with Crippen molar-refractivity contribution in [3.8, 4) is 5.75 Å². The lowest BCUT2D eigenvalue weighted by molar-refractivity contribution is 0.148. The van der Waals surface area contributed by atoms with Crippen molar-refractivity contribution in [3.63, 3.8) is 0 Å². The number of amides is 2. The highest BCUT2D eigenvalue weighted by Crippen LogP contribution is 2.20. The Labute approximate surface area is 163 Å². The first-order valence-corrected chi connectivity index (χ1v) is 9.29. The number of nitrogens with zero attached hydrogens (tertiary/aromatic N) is 2. The molecule has 0 saturated carbocycles. The van der Waals surface area contributed by atoms with E-state index in [1.165, 1.54) is 23.8 Å². The molecule has 0 bridgehead atoms. The molecule has 2 aromatic rings. The summed E-state index contributed by atoms with van der Waals surface area (Å²) < 4.78 is 18.4. The average molecular weight is 392 g/mol. The zero-order valence-corrected chi connectivity index (χ0v) is 16.0. The van der Waals surface area contributed by atoms with E-state index in [1.807, 2.05) is 12.1 Å². The summed E-state index contributed by atoms with van der Waals surface area (Å²) in [5.41, 5.74) is 1.76. The Balaban J connectivity index is 1.43. The third-order valence-corrected chi connectivity index (χ3v) is 5.00. The minimum atomic E-state index is -0.500. The highest BCUT2D eigenvalue weighted by Gasteiger charge is 2.21. The Morgan fingerprint density at radius 3 is 2.48 bits per heavy atom. The number of hydrogen-bond donors (Lipinski definition) is 1. The third-order valence-electron chi connectivity index (χ3n) is 4.71. The maximum atomic E-state index is 13.2. The van der Waals surface area contributed by atoms with Crippen LogP contribution in [0.2, 0.25) is 5.02 Å². The molecule has 0 aliphatic carbocycles. The molecular formula is C20H23ClFN3O2. The standard InChI is InChI=1S/C20H23ClFN3O2/c1-27-17-5-2-15(3-6-17)8-9-24-10-12-25(13-11-24)20(26)23-16-4-7-19(22)18(21)14-16/h2-7,14H,8-13H2,1H3,(H,23,26). The van der Waals surface area contributed by atoms with Crippen LogP contribution in [0.1, 0.15) is 5.56 Å². The number of urea groups is 1. The van der Waals surface area contributed by atoms with Gasteiger partial charge in [-0.3, -0.25) is 4.90 Å². The largest absolute Gasteiger partial charge is 0.497 e. The number of carbonyl (C=O) groups is 1. The lowest BCUT2D eigenvalue weighted by Gasteiger charge is -2.34. The predicted molar refractivity (Wildman–Crippen MR) is 105 cm³/mol. The Morgan fingerprint density at radius 1 is 1.15 bits per heavy atom. The van der Waals surface area contributed by atoms with Gasteiger partial charge in [0.15, 0.2) is 0 Å². The SMILES string of the molecule is COc1ccc(CCN2CCN(C(=O)Nc3ccc(F)c(Cl)c3)CC2)cc1. The van der Waals surface area contributed by atoms with Crippen molar-refractivity contribution in [1.29, 1.82) is 0 Å². The molecule has 0 radical (unpaired) electrons. The summed E-state index contributed by atoms with van der Waals surface area (Å²) in [7, 11) is 1.66. The molecule has 0 aromatic heterocycles. The Kier molecular flexibility index (Phi) is 6.53. The van der Waals surface area contributed by atoms with Gasteiger partial charge in [0, 0.05) is 38.4 Å². The molecule has 1 aliphatic rings. The average Bonchev–Trinajstić information content (AvgIpc) is 2.70. The molecule has 1 N–H and O–H groups in total. The van der Waals surface area contributed by atoms with E-state index in [0.29, 0.717) is 18.8 Å². The summed E-state index contributed by atoms with van der Waals surface area (Å²) >= 11 is 5.75. The third kappa shape index (κ3) is 5.34. The lowest BCUT2D eigenvalue weighted by Crippen LogP contribution is -2.50. The number of hydrogen-bond acceptors (Lipinski definition) is 3. The van der Waals surface area contributed by atoms with Crippen LogP contribution in [0.25, 0.3) is 0 Å². The smallest absolute Gasteiger partial charge is 0.321 e. The zero-order chi connectivity index (χ0) is 19.2. The number of nitrogens with one attached hydrogen (secondary N) is 1. The molecule has 1 aliphatic heterocycles. The molecule has 2 aromatic carbocycles. The van der Waals surface area contributed by atoms with Crippen LogP contribution in [0.3, 0.4) is 0 Å². The first-order chi connectivity index (χ1) is 13.0. The summed E-state index contributed by atoms with van der Waals surface area (Å²) in [6.45, 7) is 3.92. The van der Waals surface area contributed by atoms with Gasteiger partial charge < -0.3 is 15.0 Å². The molecule has 144 valence electrons. The molecule has 1 fully saturated rings. The number of methoxy groups -OCH3 is 1. The van der Waals surface area contributed by atoms with Crippen molar-refractivity contribution in [2.75, 3.05) is 45.2 Å². The fourth-order valence-corrected chi connectivity index (χ4v) is 3.21. The van der Waals surface area contributed by atoms with E-state index in [0.717, 1.165) is 31.8 Å². The molecule has 1 saturated heterocycles. The molecule has 27 heavy (non-hydrogen) atoms. The van der Waals surface area contributed by atoms with Gasteiger partial charge in [-0.2, -0.15) is 0 Å². The maximum absolute atomic E-state index is 13.2. The Bertz CT molecular complexity index is 777. The maximum Gasteiger partial charge on any atom is 0.321 e. The van der Waals surface area contributed by atoms with Gasteiger partial charge in [0.1, 0.15) is 11.6 Å². The van der Waals surface area contributed by atoms with Gasteiger partial charge in [-0.05, 0) is 42.3 Å². The number of rotatable bonds is 5. The Morgan fingerprint density at radius 2 is 1.85 bits per heavy atom. The van der Waals surface area contributed by atoms with E-state index >= 15 is 0 Å². The van der Waals surface area contributed by atoms with Crippen LogP contribution in [0.5, 0.6) is 5.75 Å². The van der Waals surface area contributed by atoms with E-state index < -0.39 is 5.82 Å². The predicted octanol–water partition coefficient (Wildman–Crippen LogP) is 3.88. The summed E-state index contributed by atoms with van der Waals surface area (Å²) in [5, 5.41) is 2.77. The molecule has 0 unspecified atom stereocenters. The molecule has 1 heterocycles. The van der Waals surface area contributed by atoms with Crippen LogP contribution in [0.15, 0.2) is 42.5 Å². The van der Waals surface area contributed by atoms with Gasteiger partial charge in [0.2, 0.25) is 0 Å². The van der Waals surface area contributed by atoms with Gasteiger partial charge in [-0.15, -0.1) is 0 Å². The molecule has 0 spiro atoms. The summed E-state index contributed by atoms with van der Waals surface area (Å²) in [6, 6.07) is 12.1. The molecule has 5 nitrogen and oxygen atoms in total. The van der Waals surface area contributed by atoms with Crippen molar-refractivity contribution in [2.45, 2.75) is 6.42 Å². The van der Waals surface area contributed by atoms with Gasteiger partial charge in [0.25, 0.3) is 0 Å². The number of carbonyl (C=O) groups excluding carboxylic acids is 1. The van der Waals surface area contributed by atoms with E-state index in [9.17, 15) is 9.18 Å². The second kappa shape index (κ2) is 9.06. The number of ether oxygens (including phenoxy) is 1. The molecule has 0 atom stereocenters. The molecule has 2 amide bonds. The fraction of sp³-hybridized carbons (Fsp3) is 0.350. The van der Waals surface area contributed by atoms with E-state index in [-0.39, 0.29) is 11.1 Å². The quantitative estimate of drug-likeness (QED) is 0.841. The van der Waals surface area contributed by atoms with Gasteiger partial charge >= 0.3 is 6.03 Å². The first-order valence-electron chi connectivity index (χ1n) is 8.91. The van der Waals surface area contributed by atoms with Crippen LogP contribution in [-0.2, 0) is 6.42 Å². The lowest BCUT2D eigenvalue weighted by atomic mass is 10.1. The van der Waals surface area contributed by atoms with E-state index in [2.05, 4.69) is 22.3 Å². The highest BCUT2D eigenvalue weighted by molar-refractivity contribution is 6.31. The van der Waals surface area contributed by atoms with Crippen molar-refractivity contribution in [2.24, 2.45) is 0 Å². The number of piperazine rings is 1. The minimum Gasteiger partial charge on any atom is -0.497 e.